The fourth-order valence-electron chi connectivity index (χ4n) is 2.32. The van der Waals surface area contributed by atoms with Gasteiger partial charge < -0.3 is 5.32 Å². The number of sulfone groups is 1. The summed E-state index contributed by atoms with van der Waals surface area (Å²) in [6.07, 6.45) is 1.72. The van der Waals surface area contributed by atoms with Crippen LogP contribution in [0.2, 0.25) is 0 Å². The van der Waals surface area contributed by atoms with Crippen molar-refractivity contribution in [1.29, 1.82) is 0 Å². The Bertz CT molecular complexity index is 851. The van der Waals surface area contributed by atoms with Crippen molar-refractivity contribution in [3.63, 3.8) is 0 Å². The quantitative estimate of drug-likeness (QED) is 0.736. The molecule has 1 amide bonds. The summed E-state index contributed by atoms with van der Waals surface area (Å²) < 4.78 is 36.9. The second-order valence-electron chi connectivity index (χ2n) is 5.90. The molecule has 1 N–H and O–H groups in total. The number of carbonyl (C=O) groups is 1. The Balaban J connectivity index is 1.81. The van der Waals surface area contributed by atoms with Gasteiger partial charge in [-0.2, -0.15) is 0 Å². The first-order chi connectivity index (χ1) is 11.7. The minimum Gasteiger partial charge on any atom is -0.352 e. The molecule has 0 aromatic heterocycles. The molecule has 0 unspecified atom stereocenters. The number of aryl methyl sites for hydroxylation is 1. The van der Waals surface area contributed by atoms with Crippen LogP contribution in [0.3, 0.4) is 0 Å². The summed E-state index contributed by atoms with van der Waals surface area (Å²) in [5.41, 5.74) is 2.09. The smallest absolute Gasteiger partial charge is 0.220 e. The third kappa shape index (κ3) is 6.96. The fourth-order valence-corrected chi connectivity index (χ4v) is 3.45. The highest BCUT2D eigenvalue weighted by Gasteiger charge is 2.08. The van der Waals surface area contributed by atoms with Gasteiger partial charge in [0.1, 0.15) is 5.82 Å². The molecule has 0 atom stereocenters. The van der Waals surface area contributed by atoms with Gasteiger partial charge in [-0.25, -0.2) is 12.8 Å². The molecular formula is C18H19BrFNO3S. The van der Waals surface area contributed by atoms with Crippen molar-refractivity contribution in [2.45, 2.75) is 25.1 Å². The SMILES string of the molecule is CS(=O)(=O)Cc1ccc(CNC(=O)CCc2ccc(Br)cc2F)cc1. The topological polar surface area (TPSA) is 63.2 Å². The van der Waals surface area contributed by atoms with Gasteiger partial charge in [0.05, 0.1) is 5.75 Å². The van der Waals surface area contributed by atoms with Crippen molar-refractivity contribution in [2.75, 3.05) is 6.26 Å². The number of carbonyl (C=O) groups excluding carboxylic acids is 1. The molecule has 0 spiro atoms. The number of nitrogens with one attached hydrogen (secondary N) is 1. The monoisotopic (exact) mass is 427 g/mol. The van der Waals surface area contributed by atoms with Gasteiger partial charge in [-0.1, -0.05) is 46.3 Å². The molecule has 0 saturated carbocycles. The lowest BCUT2D eigenvalue weighted by Crippen LogP contribution is -2.23. The number of hydrogen-bond donors (Lipinski definition) is 1. The molecule has 134 valence electrons. The van der Waals surface area contributed by atoms with Crippen molar-refractivity contribution in [3.05, 3.63) is 69.4 Å². The van der Waals surface area contributed by atoms with Crippen LogP contribution >= 0.6 is 15.9 Å². The van der Waals surface area contributed by atoms with Gasteiger partial charge in [-0.3, -0.25) is 4.79 Å². The molecule has 0 aliphatic rings. The maximum absolute atomic E-state index is 13.7. The Morgan fingerprint density at radius 3 is 2.36 bits per heavy atom. The molecular weight excluding hydrogens is 409 g/mol. The van der Waals surface area contributed by atoms with Gasteiger partial charge in [0.15, 0.2) is 9.84 Å². The zero-order valence-electron chi connectivity index (χ0n) is 13.8. The first-order valence-corrected chi connectivity index (χ1v) is 10.5. The zero-order chi connectivity index (χ0) is 18.4. The molecule has 0 fully saturated rings. The molecule has 0 saturated heterocycles. The summed E-state index contributed by atoms with van der Waals surface area (Å²) in [6.45, 7) is 0.348. The van der Waals surface area contributed by atoms with Crippen LogP contribution in [0.5, 0.6) is 0 Å². The average Bonchev–Trinajstić information content (AvgIpc) is 2.52. The van der Waals surface area contributed by atoms with Gasteiger partial charge in [0, 0.05) is 23.7 Å². The Hall–Kier alpha value is -1.73. The lowest BCUT2D eigenvalue weighted by Gasteiger charge is -2.07. The van der Waals surface area contributed by atoms with Gasteiger partial charge >= 0.3 is 0 Å². The minimum absolute atomic E-state index is 0.00159. The highest BCUT2D eigenvalue weighted by Crippen LogP contribution is 2.16. The van der Waals surface area contributed by atoms with E-state index < -0.39 is 9.84 Å². The molecule has 0 aliphatic carbocycles. The molecule has 7 heteroatoms. The van der Waals surface area contributed by atoms with E-state index in [-0.39, 0.29) is 23.9 Å². The van der Waals surface area contributed by atoms with E-state index >= 15 is 0 Å². The first kappa shape index (κ1) is 19.6. The second-order valence-corrected chi connectivity index (χ2v) is 8.95. The van der Waals surface area contributed by atoms with Crippen molar-refractivity contribution in [2.24, 2.45) is 0 Å². The van der Waals surface area contributed by atoms with E-state index in [1.807, 2.05) is 0 Å². The Labute approximate surface area is 155 Å². The van der Waals surface area contributed by atoms with Gasteiger partial charge in [-0.05, 0) is 35.2 Å². The lowest BCUT2D eigenvalue weighted by molar-refractivity contribution is -0.121. The minimum atomic E-state index is -3.06. The summed E-state index contributed by atoms with van der Waals surface area (Å²) >= 11 is 3.20. The van der Waals surface area contributed by atoms with Gasteiger partial charge in [-0.15, -0.1) is 0 Å². The largest absolute Gasteiger partial charge is 0.352 e. The van der Waals surface area contributed by atoms with E-state index in [0.29, 0.717) is 28.6 Å². The summed E-state index contributed by atoms with van der Waals surface area (Å²) in [7, 11) is -3.06. The molecule has 2 aromatic carbocycles. The van der Waals surface area contributed by atoms with Crippen molar-refractivity contribution in [1.82, 2.24) is 5.32 Å². The average molecular weight is 428 g/mol. The standard InChI is InChI=1S/C18H19BrFNO3S/c1-25(23,24)12-14-4-2-13(3-5-14)11-21-18(22)9-7-15-6-8-16(19)10-17(15)20/h2-6,8,10H,7,9,11-12H2,1H3,(H,21,22). The number of hydrogen-bond acceptors (Lipinski definition) is 3. The van der Waals surface area contributed by atoms with Crippen molar-refractivity contribution in [3.8, 4) is 0 Å². The number of rotatable bonds is 7. The highest BCUT2D eigenvalue weighted by atomic mass is 79.9. The zero-order valence-corrected chi connectivity index (χ0v) is 16.2. The third-order valence-corrected chi connectivity index (χ3v) is 4.93. The maximum Gasteiger partial charge on any atom is 0.220 e. The maximum atomic E-state index is 13.7. The predicted molar refractivity (Wildman–Crippen MR) is 99.3 cm³/mol. The van der Waals surface area contributed by atoms with Crippen molar-refractivity contribution < 1.29 is 17.6 Å². The highest BCUT2D eigenvalue weighted by molar-refractivity contribution is 9.10. The Morgan fingerprint density at radius 1 is 1.12 bits per heavy atom. The first-order valence-electron chi connectivity index (χ1n) is 7.69. The Kier molecular flexibility index (Phi) is 6.72. The van der Waals surface area contributed by atoms with E-state index in [0.717, 1.165) is 5.56 Å². The second kappa shape index (κ2) is 8.58. The molecule has 4 nitrogen and oxygen atoms in total. The number of halogens is 2. The third-order valence-electron chi connectivity index (χ3n) is 3.58. The lowest BCUT2D eigenvalue weighted by atomic mass is 10.1. The fraction of sp³-hybridized carbons (Fsp3) is 0.278. The number of amides is 1. The van der Waals surface area contributed by atoms with Crippen molar-refractivity contribution >= 4 is 31.7 Å². The van der Waals surface area contributed by atoms with E-state index in [4.69, 9.17) is 0 Å². The van der Waals surface area contributed by atoms with E-state index in [2.05, 4.69) is 21.2 Å². The van der Waals surface area contributed by atoms with E-state index in [1.165, 1.54) is 12.3 Å². The van der Waals surface area contributed by atoms with E-state index in [9.17, 15) is 17.6 Å². The van der Waals surface area contributed by atoms with Crippen LogP contribution in [-0.2, 0) is 33.4 Å². The molecule has 2 aromatic rings. The van der Waals surface area contributed by atoms with Crippen LogP contribution in [0.1, 0.15) is 23.1 Å². The summed E-state index contributed by atoms with van der Waals surface area (Å²) in [5, 5.41) is 2.78. The van der Waals surface area contributed by atoms with Crippen LogP contribution in [0.25, 0.3) is 0 Å². The summed E-state index contributed by atoms with van der Waals surface area (Å²) in [4.78, 5) is 11.9. The Morgan fingerprint density at radius 2 is 1.76 bits per heavy atom. The van der Waals surface area contributed by atoms with Gasteiger partial charge in [0.2, 0.25) is 5.91 Å². The van der Waals surface area contributed by atoms with Crippen LogP contribution in [-0.4, -0.2) is 20.6 Å². The molecule has 0 bridgehead atoms. The summed E-state index contributed by atoms with van der Waals surface area (Å²) in [6, 6.07) is 11.8. The summed E-state index contributed by atoms with van der Waals surface area (Å²) in [5.74, 6) is -0.496. The normalized spacial score (nSPS) is 11.3. The van der Waals surface area contributed by atoms with Crippen LogP contribution < -0.4 is 5.32 Å². The molecule has 25 heavy (non-hydrogen) atoms. The molecule has 2 rings (SSSR count). The molecule has 0 radical (unpaired) electrons. The van der Waals surface area contributed by atoms with Crippen LogP contribution in [0.4, 0.5) is 4.39 Å². The van der Waals surface area contributed by atoms with Crippen LogP contribution in [0, 0.1) is 5.82 Å². The predicted octanol–water partition coefficient (Wildman–Crippen LogP) is 3.38. The molecule has 0 aliphatic heterocycles. The van der Waals surface area contributed by atoms with Gasteiger partial charge in [0.25, 0.3) is 0 Å². The molecule has 0 heterocycles. The number of benzene rings is 2. The van der Waals surface area contributed by atoms with E-state index in [1.54, 1.807) is 36.4 Å². The van der Waals surface area contributed by atoms with Crippen LogP contribution in [0.15, 0.2) is 46.9 Å².